The van der Waals surface area contributed by atoms with E-state index in [-0.39, 0.29) is 0 Å². The van der Waals surface area contributed by atoms with Gasteiger partial charge in [0, 0.05) is 18.7 Å². The molecule has 0 aliphatic carbocycles. The van der Waals surface area contributed by atoms with Crippen molar-refractivity contribution >= 4 is 23.5 Å². The van der Waals surface area contributed by atoms with Crippen LogP contribution in [0.25, 0.3) is 10.8 Å². The Hall–Kier alpha value is -1.55. The lowest BCUT2D eigenvalue weighted by Crippen LogP contribution is -2.14. The molecule has 88 valence electrons. The molecular weight excluding hydrogens is 213 g/mol. The van der Waals surface area contributed by atoms with Gasteiger partial charge in [-0.05, 0) is 11.5 Å². The molecule has 1 aromatic carbocycles. The maximum absolute atomic E-state index is 5.62. The molecule has 0 saturated carbocycles. The number of nitrogens with zero attached hydrogens (tertiary/aromatic N) is 1. The Bertz CT molecular complexity index is 502. The molecule has 0 bridgehead atoms. The average Bonchev–Trinajstić information content (AvgIpc) is 2.39. The Morgan fingerprint density at radius 3 is 2.65 bits per heavy atom. The highest BCUT2D eigenvalue weighted by atomic mass is 16.5. The van der Waals surface area contributed by atoms with Crippen LogP contribution < -0.4 is 10.2 Å². The summed E-state index contributed by atoms with van der Waals surface area (Å²) in [7, 11) is 2.64. The molecule has 3 nitrogen and oxygen atoms in total. The third-order valence-electron chi connectivity index (χ3n) is 2.75. The summed E-state index contributed by atoms with van der Waals surface area (Å²) >= 11 is 0. The molecule has 0 amide bonds. The predicted octanol–water partition coefficient (Wildman–Crippen LogP) is 1.37. The first-order valence-corrected chi connectivity index (χ1v) is 5.85. The van der Waals surface area contributed by atoms with Crippen molar-refractivity contribution in [3.8, 4) is 5.88 Å². The van der Waals surface area contributed by atoms with Crippen LogP contribution in [0.5, 0.6) is 5.88 Å². The lowest BCUT2D eigenvalue weighted by molar-refractivity contribution is 0.144. The lowest BCUT2D eigenvalue weighted by atomic mass is 9.72. The van der Waals surface area contributed by atoms with Gasteiger partial charge in [0.15, 0.2) is 7.28 Å². The molecular formula is C13H16BNO2. The van der Waals surface area contributed by atoms with Crippen LogP contribution in [0.4, 0.5) is 0 Å². The zero-order valence-electron chi connectivity index (χ0n) is 10.3. The van der Waals surface area contributed by atoms with Crippen LogP contribution in [-0.4, -0.2) is 32.6 Å². The van der Waals surface area contributed by atoms with Gasteiger partial charge in [0.25, 0.3) is 0 Å². The van der Waals surface area contributed by atoms with Crippen molar-refractivity contribution in [3.63, 3.8) is 0 Å². The third kappa shape index (κ3) is 2.58. The normalized spacial score (nSPS) is 10.5. The van der Waals surface area contributed by atoms with Gasteiger partial charge in [-0.25, -0.2) is 4.98 Å². The van der Waals surface area contributed by atoms with Crippen LogP contribution in [0.3, 0.4) is 0 Å². The molecule has 1 heterocycles. The highest BCUT2D eigenvalue weighted by molar-refractivity contribution is 6.55. The van der Waals surface area contributed by atoms with Gasteiger partial charge in [-0.3, -0.25) is 0 Å². The summed E-state index contributed by atoms with van der Waals surface area (Å²) in [5.74, 6) is 0.690. The van der Waals surface area contributed by atoms with E-state index in [0.717, 1.165) is 12.7 Å². The van der Waals surface area contributed by atoms with Crippen molar-refractivity contribution in [1.82, 2.24) is 4.98 Å². The molecule has 0 atom stereocenters. The second-order valence-corrected chi connectivity index (χ2v) is 3.83. The number of benzene rings is 1. The average molecular weight is 229 g/mol. The number of hydrogen-bond donors (Lipinski definition) is 0. The van der Waals surface area contributed by atoms with Gasteiger partial charge >= 0.3 is 0 Å². The Kier molecular flexibility index (Phi) is 3.99. The van der Waals surface area contributed by atoms with E-state index < -0.39 is 0 Å². The van der Waals surface area contributed by atoms with Gasteiger partial charge in [-0.1, -0.05) is 30.5 Å². The number of hydrogen-bond acceptors (Lipinski definition) is 3. The SMILES string of the molecule is CBc1cnc(OCCOC)c2ccccc12. The second-order valence-electron chi connectivity index (χ2n) is 3.83. The summed E-state index contributed by atoms with van der Waals surface area (Å²) in [5.41, 5.74) is 1.25. The van der Waals surface area contributed by atoms with Gasteiger partial charge in [-0.2, -0.15) is 0 Å². The van der Waals surface area contributed by atoms with E-state index in [9.17, 15) is 0 Å². The van der Waals surface area contributed by atoms with Crippen molar-refractivity contribution in [2.24, 2.45) is 0 Å². The maximum Gasteiger partial charge on any atom is 0.221 e. The smallest absolute Gasteiger partial charge is 0.221 e. The van der Waals surface area contributed by atoms with Crippen LogP contribution in [-0.2, 0) is 4.74 Å². The largest absolute Gasteiger partial charge is 0.475 e. The number of ether oxygens (including phenoxy) is 2. The van der Waals surface area contributed by atoms with Gasteiger partial charge in [-0.15, -0.1) is 0 Å². The first-order chi connectivity index (χ1) is 8.36. The summed E-state index contributed by atoms with van der Waals surface area (Å²) in [6.45, 7) is 3.24. The summed E-state index contributed by atoms with van der Waals surface area (Å²) in [5, 5.41) is 2.29. The highest BCUT2D eigenvalue weighted by Crippen LogP contribution is 2.21. The first-order valence-electron chi connectivity index (χ1n) is 5.85. The Labute approximate surface area is 102 Å². The maximum atomic E-state index is 5.62. The standard InChI is InChI=1S/C13H16BNO2/c1-14-12-9-15-13(17-8-7-16-2)11-6-4-3-5-10(11)12/h3-6,9,14H,7-8H2,1-2H3. The second kappa shape index (κ2) is 5.68. The molecule has 0 saturated heterocycles. The Morgan fingerprint density at radius 2 is 1.94 bits per heavy atom. The number of aromatic nitrogens is 1. The van der Waals surface area contributed by atoms with E-state index in [1.807, 2.05) is 24.4 Å². The van der Waals surface area contributed by atoms with Gasteiger partial charge in [0.1, 0.15) is 6.61 Å². The third-order valence-corrected chi connectivity index (χ3v) is 2.75. The van der Waals surface area contributed by atoms with E-state index in [2.05, 4.69) is 17.9 Å². The van der Waals surface area contributed by atoms with Crippen LogP contribution in [0, 0.1) is 0 Å². The van der Waals surface area contributed by atoms with E-state index >= 15 is 0 Å². The van der Waals surface area contributed by atoms with E-state index in [1.165, 1.54) is 10.8 Å². The number of rotatable bonds is 5. The monoisotopic (exact) mass is 229 g/mol. The van der Waals surface area contributed by atoms with Crippen molar-refractivity contribution in [3.05, 3.63) is 30.5 Å². The summed E-state index contributed by atoms with van der Waals surface area (Å²) in [6, 6.07) is 8.20. The van der Waals surface area contributed by atoms with Crippen LogP contribution in [0.1, 0.15) is 0 Å². The fraction of sp³-hybridized carbons (Fsp3) is 0.308. The molecule has 0 unspecified atom stereocenters. The summed E-state index contributed by atoms with van der Waals surface area (Å²) in [6.07, 6.45) is 1.89. The predicted molar refractivity (Wildman–Crippen MR) is 71.8 cm³/mol. The Balaban J connectivity index is 2.37. The highest BCUT2D eigenvalue weighted by Gasteiger charge is 2.06. The van der Waals surface area contributed by atoms with Crippen LogP contribution >= 0.6 is 0 Å². The minimum Gasteiger partial charge on any atom is -0.475 e. The number of pyridine rings is 1. The minimum atomic E-state index is 0.527. The first kappa shape index (κ1) is 11.9. The lowest BCUT2D eigenvalue weighted by Gasteiger charge is -2.10. The number of methoxy groups -OCH3 is 1. The molecule has 0 fully saturated rings. The molecule has 2 rings (SSSR count). The molecule has 1 aromatic heterocycles. The van der Waals surface area contributed by atoms with Gasteiger partial charge in [0.2, 0.25) is 5.88 Å². The molecule has 2 aromatic rings. The Morgan fingerprint density at radius 1 is 1.18 bits per heavy atom. The van der Waals surface area contributed by atoms with Crippen molar-refractivity contribution in [2.45, 2.75) is 6.82 Å². The molecule has 4 heteroatoms. The van der Waals surface area contributed by atoms with Crippen molar-refractivity contribution < 1.29 is 9.47 Å². The van der Waals surface area contributed by atoms with E-state index in [0.29, 0.717) is 19.1 Å². The molecule has 0 aliphatic rings. The topological polar surface area (TPSA) is 31.4 Å². The minimum absolute atomic E-state index is 0.527. The molecule has 0 N–H and O–H groups in total. The van der Waals surface area contributed by atoms with Gasteiger partial charge in [0.05, 0.1) is 6.61 Å². The zero-order valence-corrected chi connectivity index (χ0v) is 10.3. The van der Waals surface area contributed by atoms with E-state index in [1.54, 1.807) is 7.11 Å². The fourth-order valence-electron chi connectivity index (χ4n) is 1.84. The van der Waals surface area contributed by atoms with E-state index in [4.69, 9.17) is 9.47 Å². The molecule has 0 spiro atoms. The molecule has 0 radical (unpaired) electrons. The zero-order chi connectivity index (χ0) is 12.1. The number of fused-ring (bicyclic) bond motifs is 1. The fourth-order valence-corrected chi connectivity index (χ4v) is 1.84. The molecule has 17 heavy (non-hydrogen) atoms. The van der Waals surface area contributed by atoms with Crippen molar-refractivity contribution in [2.75, 3.05) is 20.3 Å². The molecule has 0 aliphatic heterocycles. The van der Waals surface area contributed by atoms with Gasteiger partial charge < -0.3 is 9.47 Å². The quantitative estimate of drug-likeness (QED) is 0.573. The van der Waals surface area contributed by atoms with Crippen LogP contribution in [0.15, 0.2) is 30.5 Å². The van der Waals surface area contributed by atoms with Crippen LogP contribution in [0.2, 0.25) is 6.82 Å². The van der Waals surface area contributed by atoms with Crippen molar-refractivity contribution in [1.29, 1.82) is 0 Å². The summed E-state index contributed by atoms with van der Waals surface area (Å²) < 4.78 is 10.6. The summed E-state index contributed by atoms with van der Waals surface area (Å²) in [4.78, 5) is 4.37.